The summed E-state index contributed by atoms with van der Waals surface area (Å²) >= 11 is 0. The van der Waals surface area contributed by atoms with Gasteiger partial charge in [-0.25, -0.2) is 4.79 Å². The smallest absolute Gasteiger partial charge is 0.404 e. The Labute approximate surface area is 125 Å². The zero-order valence-corrected chi connectivity index (χ0v) is 11.9. The molecule has 1 aliphatic heterocycles. The first-order valence-electron chi connectivity index (χ1n) is 6.74. The summed E-state index contributed by atoms with van der Waals surface area (Å²) in [5.41, 5.74) is 2.18. The van der Waals surface area contributed by atoms with Gasteiger partial charge in [0.25, 0.3) is 5.91 Å². The molecule has 114 valence electrons. The van der Waals surface area contributed by atoms with Crippen LogP contribution in [0.4, 0.5) is 4.79 Å². The van der Waals surface area contributed by atoms with Crippen molar-refractivity contribution in [2.24, 2.45) is 0 Å². The van der Waals surface area contributed by atoms with E-state index < -0.39 is 6.09 Å². The minimum atomic E-state index is -1.10. The van der Waals surface area contributed by atoms with Crippen molar-refractivity contribution in [3.05, 3.63) is 35.2 Å². The quantitative estimate of drug-likeness (QED) is 0.880. The van der Waals surface area contributed by atoms with Crippen molar-refractivity contribution in [3.8, 4) is 11.5 Å². The Morgan fingerprint density at radius 1 is 1.45 bits per heavy atom. The van der Waals surface area contributed by atoms with Gasteiger partial charge < -0.3 is 19.7 Å². The predicted molar refractivity (Wildman–Crippen MR) is 75.2 cm³/mol. The minimum absolute atomic E-state index is 0.125. The molecule has 2 heterocycles. The Balaban J connectivity index is 1.77. The Kier molecular flexibility index (Phi) is 3.50. The standard InChI is InChI=1S/C14H14N4O4/c1-8-16-17-12(22-8)9-2-3-10-7-18(5-4-15-14(20)21)13(19)11(10)6-9/h2-3,6,15H,4-5,7H2,1H3,(H,20,21). The second-order valence-corrected chi connectivity index (χ2v) is 4.96. The topological polar surface area (TPSA) is 109 Å². The Morgan fingerprint density at radius 2 is 2.27 bits per heavy atom. The van der Waals surface area contributed by atoms with Crippen LogP contribution in [0.25, 0.3) is 11.5 Å². The summed E-state index contributed by atoms with van der Waals surface area (Å²) in [4.78, 5) is 24.4. The Bertz CT molecular complexity index is 740. The van der Waals surface area contributed by atoms with Crippen LogP contribution in [0.5, 0.6) is 0 Å². The molecule has 1 aliphatic rings. The number of fused-ring (bicyclic) bond motifs is 1. The molecule has 0 atom stereocenters. The monoisotopic (exact) mass is 302 g/mol. The van der Waals surface area contributed by atoms with Crippen LogP contribution in [0.1, 0.15) is 21.8 Å². The van der Waals surface area contributed by atoms with Crippen molar-refractivity contribution < 1.29 is 19.1 Å². The van der Waals surface area contributed by atoms with Gasteiger partial charge in [0.05, 0.1) is 0 Å². The summed E-state index contributed by atoms with van der Waals surface area (Å²) in [6.07, 6.45) is -1.10. The van der Waals surface area contributed by atoms with Gasteiger partial charge in [0, 0.05) is 37.7 Å². The maximum atomic E-state index is 12.3. The number of amides is 2. The van der Waals surface area contributed by atoms with E-state index in [-0.39, 0.29) is 12.5 Å². The van der Waals surface area contributed by atoms with E-state index in [2.05, 4.69) is 15.5 Å². The number of nitrogens with zero attached hydrogens (tertiary/aromatic N) is 3. The van der Waals surface area contributed by atoms with Crippen LogP contribution in [0, 0.1) is 6.92 Å². The predicted octanol–water partition coefficient (Wildman–Crippen LogP) is 1.27. The first-order chi connectivity index (χ1) is 10.5. The molecule has 0 aliphatic carbocycles. The maximum absolute atomic E-state index is 12.3. The molecule has 1 aromatic heterocycles. The van der Waals surface area contributed by atoms with Gasteiger partial charge in [-0.05, 0) is 17.7 Å². The van der Waals surface area contributed by atoms with Gasteiger partial charge in [-0.3, -0.25) is 4.79 Å². The molecule has 1 aromatic carbocycles. The third kappa shape index (κ3) is 2.62. The number of carbonyl (C=O) groups excluding carboxylic acids is 1. The summed E-state index contributed by atoms with van der Waals surface area (Å²) < 4.78 is 5.36. The van der Waals surface area contributed by atoms with Gasteiger partial charge in [0.15, 0.2) is 0 Å². The lowest BCUT2D eigenvalue weighted by Crippen LogP contribution is -2.34. The number of rotatable bonds is 4. The fourth-order valence-corrected chi connectivity index (χ4v) is 2.39. The molecular weight excluding hydrogens is 288 g/mol. The van der Waals surface area contributed by atoms with Crippen LogP contribution in [-0.4, -0.2) is 45.3 Å². The maximum Gasteiger partial charge on any atom is 0.404 e. The number of nitrogens with one attached hydrogen (secondary N) is 1. The van der Waals surface area contributed by atoms with Crippen LogP contribution in [-0.2, 0) is 6.54 Å². The van der Waals surface area contributed by atoms with Crippen molar-refractivity contribution in [1.82, 2.24) is 20.4 Å². The lowest BCUT2D eigenvalue weighted by atomic mass is 10.1. The number of carbonyl (C=O) groups is 2. The summed E-state index contributed by atoms with van der Waals surface area (Å²) in [6, 6.07) is 5.42. The summed E-state index contributed by atoms with van der Waals surface area (Å²) in [6.45, 7) is 2.70. The molecule has 22 heavy (non-hydrogen) atoms. The molecule has 0 bridgehead atoms. The van der Waals surface area contributed by atoms with Crippen molar-refractivity contribution in [2.45, 2.75) is 13.5 Å². The van der Waals surface area contributed by atoms with Crippen molar-refractivity contribution in [3.63, 3.8) is 0 Å². The molecule has 0 spiro atoms. The Morgan fingerprint density at radius 3 is 2.95 bits per heavy atom. The highest BCUT2D eigenvalue weighted by Crippen LogP contribution is 2.27. The van der Waals surface area contributed by atoms with Gasteiger partial charge in [-0.1, -0.05) is 6.07 Å². The van der Waals surface area contributed by atoms with E-state index in [0.29, 0.717) is 36.0 Å². The lowest BCUT2D eigenvalue weighted by molar-refractivity contribution is 0.0778. The van der Waals surface area contributed by atoms with Crippen molar-refractivity contribution >= 4 is 12.0 Å². The summed E-state index contributed by atoms with van der Waals surface area (Å²) in [5, 5.41) is 18.5. The van der Waals surface area contributed by atoms with E-state index in [4.69, 9.17) is 9.52 Å². The number of benzene rings is 1. The summed E-state index contributed by atoms with van der Waals surface area (Å²) in [5.74, 6) is 0.711. The number of aryl methyl sites for hydroxylation is 1. The second kappa shape index (κ2) is 5.47. The second-order valence-electron chi connectivity index (χ2n) is 4.96. The highest BCUT2D eigenvalue weighted by Gasteiger charge is 2.27. The van der Waals surface area contributed by atoms with Gasteiger partial charge >= 0.3 is 6.09 Å². The van der Waals surface area contributed by atoms with E-state index in [9.17, 15) is 9.59 Å². The van der Waals surface area contributed by atoms with E-state index in [0.717, 1.165) is 5.56 Å². The molecule has 8 heteroatoms. The SMILES string of the molecule is Cc1nnc(-c2ccc3c(c2)C(=O)N(CCNC(=O)O)C3)o1. The fourth-order valence-electron chi connectivity index (χ4n) is 2.39. The number of hydrogen-bond donors (Lipinski definition) is 2. The third-order valence-electron chi connectivity index (χ3n) is 3.42. The first-order valence-corrected chi connectivity index (χ1v) is 6.74. The molecule has 3 rings (SSSR count). The van der Waals surface area contributed by atoms with Crippen molar-refractivity contribution in [2.75, 3.05) is 13.1 Å². The van der Waals surface area contributed by atoms with Gasteiger partial charge in [0.2, 0.25) is 11.8 Å². The third-order valence-corrected chi connectivity index (χ3v) is 3.42. The average Bonchev–Trinajstić information content (AvgIpc) is 3.03. The van der Waals surface area contributed by atoms with Crippen LogP contribution in [0.2, 0.25) is 0 Å². The highest BCUT2D eigenvalue weighted by molar-refractivity contribution is 5.99. The van der Waals surface area contributed by atoms with E-state index >= 15 is 0 Å². The van der Waals surface area contributed by atoms with Crippen LogP contribution in [0.15, 0.2) is 22.6 Å². The number of aromatic nitrogens is 2. The van der Waals surface area contributed by atoms with Gasteiger partial charge in [0.1, 0.15) is 0 Å². The largest absolute Gasteiger partial charge is 0.465 e. The van der Waals surface area contributed by atoms with E-state index in [1.54, 1.807) is 17.9 Å². The molecule has 0 saturated heterocycles. The fraction of sp³-hybridized carbons (Fsp3) is 0.286. The molecular formula is C14H14N4O4. The lowest BCUT2D eigenvalue weighted by Gasteiger charge is -2.14. The molecule has 2 aromatic rings. The van der Waals surface area contributed by atoms with Gasteiger partial charge in [-0.2, -0.15) is 0 Å². The molecule has 0 radical (unpaired) electrons. The first kappa shape index (κ1) is 14.1. The summed E-state index contributed by atoms with van der Waals surface area (Å²) in [7, 11) is 0. The van der Waals surface area contributed by atoms with Crippen molar-refractivity contribution in [1.29, 1.82) is 0 Å². The number of carboxylic acid groups (broad SMARTS) is 1. The molecule has 0 unspecified atom stereocenters. The zero-order chi connectivity index (χ0) is 15.7. The highest BCUT2D eigenvalue weighted by atomic mass is 16.4. The van der Waals surface area contributed by atoms with Gasteiger partial charge in [-0.15, -0.1) is 10.2 Å². The molecule has 2 amide bonds. The molecule has 0 saturated carbocycles. The van der Waals surface area contributed by atoms with Crippen LogP contribution >= 0.6 is 0 Å². The molecule has 0 fully saturated rings. The minimum Gasteiger partial charge on any atom is -0.465 e. The van der Waals surface area contributed by atoms with Crippen LogP contribution < -0.4 is 5.32 Å². The Hall–Kier alpha value is -2.90. The molecule has 8 nitrogen and oxygen atoms in total. The number of hydrogen-bond acceptors (Lipinski definition) is 5. The molecule has 2 N–H and O–H groups in total. The van der Waals surface area contributed by atoms with E-state index in [1.807, 2.05) is 12.1 Å². The normalized spacial score (nSPS) is 13.3. The van der Waals surface area contributed by atoms with Crippen LogP contribution in [0.3, 0.4) is 0 Å². The van der Waals surface area contributed by atoms with E-state index in [1.165, 1.54) is 0 Å². The average molecular weight is 302 g/mol. The zero-order valence-electron chi connectivity index (χ0n) is 11.9.